The summed E-state index contributed by atoms with van der Waals surface area (Å²) in [6.07, 6.45) is -3.06. The van der Waals surface area contributed by atoms with Crippen LogP contribution in [0.1, 0.15) is 25.1 Å². The molecule has 2 aromatic rings. The van der Waals surface area contributed by atoms with Crippen LogP contribution in [0.4, 0.5) is 13.2 Å². The summed E-state index contributed by atoms with van der Waals surface area (Å²) in [6.45, 7) is 4.27. The first kappa shape index (κ1) is 14.8. The fourth-order valence-corrected chi connectivity index (χ4v) is 2.81. The van der Waals surface area contributed by atoms with Crippen molar-refractivity contribution in [1.29, 1.82) is 0 Å². The van der Waals surface area contributed by atoms with Crippen molar-refractivity contribution in [2.24, 2.45) is 5.41 Å². The SMILES string of the molecule is CC1(C)Cc2cc(-c3ccccc3OC(F)(F)F)nnc2C1. The molecule has 0 amide bonds. The van der Waals surface area contributed by atoms with Crippen LogP contribution in [-0.2, 0) is 12.8 Å². The molecule has 3 nitrogen and oxygen atoms in total. The third-order valence-corrected chi connectivity index (χ3v) is 3.66. The van der Waals surface area contributed by atoms with Crippen LogP contribution in [0.2, 0.25) is 0 Å². The Labute approximate surface area is 126 Å². The van der Waals surface area contributed by atoms with Crippen LogP contribution in [0.5, 0.6) is 5.75 Å². The van der Waals surface area contributed by atoms with Gasteiger partial charge in [0.1, 0.15) is 5.75 Å². The van der Waals surface area contributed by atoms with E-state index in [0.29, 0.717) is 11.3 Å². The second-order valence-corrected chi connectivity index (χ2v) is 6.26. The van der Waals surface area contributed by atoms with Crippen LogP contribution >= 0.6 is 0 Å². The molecule has 0 atom stereocenters. The van der Waals surface area contributed by atoms with Gasteiger partial charge in [-0.25, -0.2) is 0 Å². The van der Waals surface area contributed by atoms with E-state index in [4.69, 9.17) is 0 Å². The molecule has 0 N–H and O–H groups in total. The summed E-state index contributed by atoms with van der Waals surface area (Å²) in [5.41, 5.74) is 2.76. The smallest absolute Gasteiger partial charge is 0.405 e. The van der Waals surface area contributed by atoms with Gasteiger partial charge < -0.3 is 4.74 Å². The monoisotopic (exact) mass is 308 g/mol. The van der Waals surface area contributed by atoms with Gasteiger partial charge in [-0.2, -0.15) is 10.2 Å². The van der Waals surface area contributed by atoms with E-state index in [1.807, 2.05) is 6.07 Å². The van der Waals surface area contributed by atoms with Crippen LogP contribution in [0, 0.1) is 5.41 Å². The van der Waals surface area contributed by atoms with Gasteiger partial charge in [0, 0.05) is 5.56 Å². The number of ether oxygens (including phenoxy) is 1. The Kier molecular flexibility index (Phi) is 3.34. The van der Waals surface area contributed by atoms with Crippen molar-refractivity contribution in [2.45, 2.75) is 33.1 Å². The number of halogens is 3. The van der Waals surface area contributed by atoms with Crippen LogP contribution < -0.4 is 4.74 Å². The van der Waals surface area contributed by atoms with Crippen LogP contribution in [-0.4, -0.2) is 16.6 Å². The third kappa shape index (κ3) is 3.05. The number of fused-ring (bicyclic) bond motifs is 1. The van der Waals surface area contributed by atoms with E-state index >= 15 is 0 Å². The highest BCUT2D eigenvalue weighted by Crippen LogP contribution is 2.38. The molecule has 3 rings (SSSR count). The average molecular weight is 308 g/mol. The Hall–Kier alpha value is -2.11. The third-order valence-electron chi connectivity index (χ3n) is 3.66. The summed E-state index contributed by atoms with van der Waals surface area (Å²) >= 11 is 0. The molecule has 1 aliphatic rings. The fraction of sp³-hybridized carbons (Fsp3) is 0.375. The van der Waals surface area contributed by atoms with Gasteiger partial charge in [0.25, 0.3) is 0 Å². The Morgan fingerprint density at radius 1 is 1.09 bits per heavy atom. The van der Waals surface area contributed by atoms with E-state index in [1.54, 1.807) is 12.1 Å². The minimum atomic E-state index is -4.73. The number of nitrogens with zero attached hydrogens (tertiary/aromatic N) is 2. The van der Waals surface area contributed by atoms with Gasteiger partial charge in [0.05, 0.1) is 11.4 Å². The second kappa shape index (κ2) is 4.97. The zero-order valence-corrected chi connectivity index (χ0v) is 12.2. The molecule has 0 fully saturated rings. The maximum atomic E-state index is 12.5. The second-order valence-electron chi connectivity index (χ2n) is 6.26. The standard InChI is InChI=1S/C16H15F3N2O/c1-15(2)8-10-7-12(20-21-13(10)9-15)11-5-3-4-6-14(11)22-16(17,18)19/h3-7H,8-9H2,1-2H3. The predicted molar refractivity (Wildman–Crippen MR) is 75.3 cm³/mol. The van der Waals surface area contributed by atoms with Gasteiger partial charge in [-0.1, -0.05) is 26.0 Å². The lowest BCUT2D eigenvalue weighted by Crippen LogP contribution is -2.17. The lowest BCUT2D eigenvalue weighted by molar-refractivity contribution is -0.274. The van der Waals surface area contributed by atoms with Gasteiger partial charge in [0.15, 0.2) is 0 Å². The molecule has 6 heteroatoms. The van der Waals surface area contributed by atoms with Gasteiger partial charge in [-0.3, -0.25) is 0 Å². The molecule has 22 heavy (non-hydrogen) atoms. The first-order valence-electron chi connectivity index (χ1n) is 6.94. The molecular formula is C16H15F3N2O. The average Bonchev–Trinajstić information content (AvgIpc) is 2.70. The Morgan fingerprint density at radius 2 is 1.82 bits per heavy atom. The summed E-state index contributed by atoms with van der Waals surface area (Å²) in [7, 11) is 0. The van der Waals surface area contributed by atoms with E-state index in [-0.39, 0.29) is 11.2 Å². The summed E-state index contributed by atoms with van der Waals surface area (Å²) in [5.74, 6) is -0.262. The predicted octanol–water partition coefficient (Wildman–Crippen LogP) is 4.17. The fourth-order valence-electron chi connectivity index (χ4n) is 2.81. The molecule has 0 aliphatic heterocycles. The van der Waals surface area contributed by atoms with Crippen molar-refractivity contribution in [3.8, 4) is 17.0 Å². The first-order valence-corrected chi connectivity index (χ1v) is 6.94. The molecule has 1 aromatic heterocycles. The number of rotatable bonds is 2. The Bertz CT molecular complexity index is 711. The Balaban J connectivity index is 2.00. The first-order chi connectivity index (χ1) is 10.2. The summed E-state index contributed by atoms with van der Waals surface area (Å²) in [6, 6.07) is 7.79. The van der Waals surface area contributed by atoms with Crippen molar-refractivity contribution in [1.82, 2.24) is 10.2 Å². The molecule has 0 saturated carbocycles. The maximum Gasteiger partial charge on any atom is 0.573 e. The van der Waals surface area contributed by atoms with E-state index in [2.05, 4.69) is 28.8 Å². The largest absolute Gasteiger partial charge is 0.573 e. The summed E-state index contributed by atoms with van der Waals surface area (Å²) in [5, 5.41) is 8.26. The Morgan fingerprint density at radius 3 is 2.55 bits per heavy atom. The molecule has 0 unspecified atom stereocenters. The molecule has 0 radical (unpaired) electrons. The van der Waals surface area contributed by atoms with Crippen LogP contribution in [0.3, 0.4) is 0 Å². The zero-order chi connectivity index (χ0) is 16.0. The number of aromatic nitrogens is 2. The molecule has 1 aromatic carbocycles. The minimum absolute atomic E-state index is 0.109. The van der Waals surface area contributed by atoms with Crippen LogP contribution in [0.15, 0.2) is 30.3 Å². The number of hydrogen-bond acceptors (Lipinski definition) is 3. The highest BCUT2D eigenvalue weighted by atomic mass is 19.4. The number of alkyl halides is 3. The molecule has 0 spiro atoms. The topological polar surface area (TPSA) is 35.0 Å². The normalized spacial score (nSPS) is 16.4. The van der Waals surface area contributed by atoms with E-state index in [9.17, 15) is 13.2 Å². The molecule has 0 saturated heterocycles. The number of benzene rings is 1. The van der Waals surface area contributed by atoms with E-state index in [0.717, 1.165) is 24.1 Å². The number of hydrogen-bond donors (Lipinski definition) is 0. The lowest BCUT2D eigenvalue weighted by atomic mass is 9.90. The van der Waals surface area contributed by atoms with Crippen molar-refractivity contribution < 1.29 is 17.9 Å². The zero-order valence-electron chi connectivity index (χ0n) is 12.2. The van der Waals surface area contributed by atoms with Crippen molar-refractivity contribution in [3.05, 3.63) is 41.6 Å². The summed E-state index contributed by atoms with van der Waals surface area (Å²) in [4.78, 5) is 0. The highest BCUT2D eigenvalue weighted by molar-refractivity contribution is 5.67. The minimum Gasteiger partial charge on any atom is -0.405 e. The van der Waals surface area contributed by atoms with Gasteiger partial charge in [0.2, 0.25) is 0 Å². The van der Waals surface area contributed by atoms with Crippen LogP contribution in [0.25, 0.3) is 11.3 Å². The molecular weight excluding hydrogens is 293 g/mol. The van der Waals surface area contributed by atoms with Gasteiger partial charge >= 0.3 is 6.36 Å². The molecule has 0 bridgehead atoms. The quantitative estimate of drug-likeness (QED) is 0.835. The van der Waals surface area contributed by atoms with Crippen molar-refractivity contribution in [3.63, 3.8) is 0 Å². The van der Waals surface area contributed by atoms with Crippen molar-refractivity contribution in [2.75, 3.05) is 0 Å². The van der Waals surface area contributed by atoms with E-state index < -0.39 is 6.36 Å². The molecule has 116 valence electrons. The van der Waals surface area contributed by atoms with Gasteiger partial charge in [-0.05, 0) is 42.0 Å². The summed E-state index contributed by atoms with van der Waals surface area (Å²) < 4.78 is 41.6. The lowest BCUT2D eigenvalue weighted by Gasteiger charge is -2.14. The van der Waals surface area contributed by atoms with E-state index in [1.165, 1.54) is 12.1 Å². The van der Waals surface area contributed by atoms with Gasteiger partial charge in [-0.15, -0.1) is 13.2 Å². The molecule has 1 aliphatic carbocycles. The maximum absolute atomic E-state index is 12.5. The molecule has 1 heterocycles. The number of para-hydroxylation sites is 1. The van der Waals surface area contributed by atoms with Crippen molar-refractivity contribution >= 4 is 0 Å². The highest BCUT2D eigenvalue weighted by Gasteiger charge is 2.33.